The number of hydrogen-bond acceptors (Lipinski definition) is 1. The quantitative estimate of drug-likeness (QED) is 0.445. The molecule has 0 unspecified atom stereocenters. The summed E-state index contributed by atoms with van der Waals surface area (Å²) in [6.45, 7) is 10.1. The molecule has 1 heterocycles. The lowest BCUT2D eigenvalue weighted by Gasteiger charge is -2.22. The molecule has 3 heteroatoms. The number of amides is 1. The Morgan fingerprint density at radius 1 is 1.24 bits per heavy atom. The van der Waals surface area contributed by atoms with Crippen LogP contribution in [-0.4, -0.2) is 21.9 Å². The highest BCUT2D eigenvalue weighted by atomic mass is 16.2. The number of hydrogen-bond donors (Lipinski definition) is 0. The van der Waals surface area contributed by atoms with Gasteiger partial charge in [-0.15, -0.1) is 6.58 Å². The van der Waals surface area contributed by atoms with Crippen LogP contribution in [0.1, 0.15) is 49.4 Å². The van der Waals surface area contributed by atoms with Crippen molar-refractivity contribution >= 4 is 5.91 Å². The molecule has 1 amide bonds. The third-order valence-electron chi connectivity index (χ3n) is 4.41. The Kier molecular flexibility index (Phi) is 7.52. The van der Waals surface area contributed by atoms with Crippen molar-refractivity contribution in [3.05, 3.63) is 72.1 Å². The fourth-order valence-electron chi connectivity index (χ4n) is 3.04. The SMILES string of the molecule is C=CCN(Cc1cccn1Cc1cccc(C)c1)C(=O)CCCCC. The van der Waals surface area contributed by atoms with Crippen LogP contribution in [0, 0.1) is 6.92 Å². The molecule has 3 nitrogen and oxygen atoms in total. The van der Waals surface area contributed by atoms with Crippen LogP contribution >= 0.6 is 0 Å². The van der Waals surface area contributed by atoms with Crippen LogP contribution in [0.4, 0.5) is 0 Å². The summed E-state index contributed by atoms with van der Waals surface area (Å²) in [5.41, 5.74) is 3.71. The van der Waals surface area contributed by atoms with Crippen molar-refractivity contribution in [1.29, 1.82) is 0 Å². The van der Waals surface area contributed by atoms with E-state index in [1.807, 2.05) is 11.0 Å². The molecular weight excluding hydrogens is 308 g/mol. The van der Waals surface area contributed by atoms with E-state index in [2.05, 4.69) is 67.6 Å². The molecule has 0 saturated heterocycles. The summed E-state index contributed by atoms with van der Waals surface area (Å²) in [6, 6.07) is 12.7. The molecule has 0 atom stereocenters. The number of benzene rings is 1. The predicted molar refractivity (Wildman–Crippen MR) is 104 cm³/mol. The van der Waals surface area contributed by atoms with Crippen LogP contribution in [0.15, 0.2) is 55.3 Å². The van der Waals surface area contributed by atoms with Gasteiger partial charge < -0.3 is 9.47 Å². The van der Waals surface area contributed by atoms with Crippen LogP contribution < -0.4 is 0 Å². The van der Waals surface area contributed by atoms with Crippen LogP contribution in [0.3, 0.4) is 0 Å². The van der Waals surface area contributed by atoms with E-state index in [1.54, 1.807) is 0 Å². The van der Waals surface area contributed by atoms with Gasteiger partial charge in [0, 0.05) is 31.4 Å². The van der Waals surface area contributed by atoms with E-state index in [4.69, 9.17) is 0 Å². The minimum absolute atomic E-state index is 0.219. The van der Waals surface area contributed by atoms with Gasteiger partial charge in [-0.2, -0.15) is 0 Å². The average Bonchev–Trinajstić information content (AvgIpc) is 3.01. The first-order chi connectivity index (χ1) is 12.1. The molecule has 25 heavy (non-hydrogen) atoms. The molecule has 1 aromatic carbocycles. The highest BCUT2D eigenvalue weighted by Gasteiger charge is 2.14. The first-order valence-electron chi connectivity index (χ1n) is 9.22. The molecule has 0 aliphatic rings. The Labute approximate surface area is 152 Å². The van der Waals surface area contributed by atoms with Crippen molar-refractivity contribution in [2.45, 2.75) is 52.6 Å². The Balaban J connectivity index is 2.05. The largest absolute Gasteiger partial charge is 0.345 e. The molecule has 0 spiro atoms. The highest BCUT2D eigenvalue weighted by molar-refractivity contribution is 5.76. The number of unbranched alkanes of at least 4 members (excludes halogenated alkanes) is 2. The minimum atomic E-state index is 0.219. The van der Waals surface area contributed by atoms with Gasteiger partial charge in [0.25, 0.3) is 0 Å². The highest BCUT2D eigenvalue weighted by Crippen LogP contribution is 2.13. The molecule has 2 rings (SSSR count). The fraction of sp³-hybridized carbons (Fsp3) is 0.409. The summed E-state index contributed by atoms with van der Waals surface area (Å²) in [5, 5.41) is 0. The number of carbonyl (C=O) groups is 1. The summed E-state index contributed by atoms with van der Waals surface area (Å²) < 4.78 is 2.23. The maximum Gasteiger partial charge on any atom is 0.223 e. The number of rotatable bonds is 10. The van der Waals surface area contributed by atoms with Gasteiger partial charge in [0.05, 0.1) is 6.54 Å². The maximum atomic E-state index is 12.5. The third-order valence-corrected chi connectivity index (χ3v) is 4.41. The molecular formula is C22H30N2O. The summed E-state index contributed by atoms with van der Waals surface area (Å²) in [7, 11) is 0. The molecule has 0 bridgehead atoms. The summed E-state index contributed by atoms with van der Waals surface area (Å²) >= 11 is 0. The van der Waals surface area contributed by atoms with Crippen molar-refractivity contribution < 1.29 is 4.79 Å². The molecule has 0 aliphatic heterocycles. The van der Waals surface area contributed by atoms with Crippen molar-refractivity contribution in [2.24, 2.45) is 0 Å². The molecule has 134 valence electrons. The molecule has 0 saturated carbocycles. The van der Waals surface area contributed by atoms with Crippen molar-refractivity contribution in [3.63, 3.8) is 0 Å². The number of aromatic nitrogens is 1. The topological polar surface area (TPSA) is 25.2 Å². The number of aryl methyl sites for hydroxylation is 1. The second kappa shape index (κ2) is 9.87. The monoisotopic (exact) mass is 338 g/mol. The fourth-order valence-corrected chi connectivity index (χ4v) is 3.04. The van der Waals surface area contributed by atoms with Crippen molar-refractivity contribution in [2.75, 3.05) is 6.54 Å². The Bertz CT molecular complexity index is 687. The predicted octanol–water partition coefficient (Wildman–Crippen LogP) is 4.94. The third kappa shape index (κ3) is 5.93. The van der Waals surface area contributed by atoms with Crippen LogP contribution in [0.25, 0.3) is 0 Å². The lowest BCUT2D eigenvalue weighted by molar-refractivity contribution is -0.131. The van der Waals surface area contributed by atoms with Gasteiger partial charge in [-0.25, -0.2) is 0 Å². The summed E-state index contributed by atoms with van der Waals surface area (Å²) in [5.74, 6) is 0.219. The van der Waals surface area contributed by atoms with Crippen LogP contribution in [0.5, 0.6) is 0 Å². The standard InChI is InChI=1S/C22H30N2O/c1-4-6-7-13-22(25)24(14-5-2)18-21-12-9-15-23(21)17-20-11-8-10-19(3)16-20/h5,8-12,15-16H,2,4,6-7,13-14,17-18H2,1,3H3. The van der Waals surface area contributed by atoms with E-state index in [0.29, 0.717) is 19.5 Å². The average molecular weight is 338 g/mol. The molecule has 0 aliphatic carbocycles. The molecule has 0 fully saturated rings. The maximum absolute atomic E-state index is 12.5. The summed E-state index contributed by atoms with van der Waals surface area (Å²) in [6.07, 6.45) is 7.73. The second-order valence-corrected chi connectivity index (χ2v) is 6.64. The molecule has 2 aromatic rings. The minimum Gasteiger partial charge on any atom is -0.345 e. The van der Waals surface area contributed by atoms with Gasteiger partial charge >= 0.3 is 0 Å². The van der Waals surface area contributed by atoms with E-state index in [-0.39, 0.29) is 5.91 Å². The first kappa shape index (κ1) is 19.0. The van der Waals surface area contributed by atoms with E-state index in [9.17, 15) is 4.79 Å². The zero-order valence-electron chi connectivity index (χ0n) is 15.6. The lowest BCUT2D eigenvalue weighted by atomic mass is 10.1. The first-order valence-corrected chi connectivity index (χ1v) is 9.22. The lowest BCUT2D eigenvalue weighted by Crippen LogP contribution is -2.31. The Hall–Kier alpha value is -2.29. The Morgan fingerprint density at radius 2 is 2.08 bits per heavy atom. The van der Waals surface area contributed by atoms with Crippen molar-refractivity contribution in [1.82, 2.24) is 9.47 Å². The molecule has 0 radical (unpaired) electrons. The summed E-state index contributed by atoms with van der Waals surface area (Å²) in [4.78, 5) is 14.4. The number of carbonyl (C=O) groups excluding carboxylic acids is 1. The molecule has 0 N–H and O–H groups in total. The zero-order chi connectivity index (χ0) is 18.1. The Morgan fingerprint density at radius 3 is 2.80 bits per heavy atom. The zero-order valence-corrected chi connectivity index (χ0v) is 15.6. The van der Waals surface area contributed by atoms with Gasteiger partial charge in [0.2, 0.25) is 5.91 Å². The van der Waals surface area contributed by atoms with Crippen LogP contribution in [-0.2, 0) is 17.9 Å². The number of nitrogens with zero attached hydrogens (tertiary/aromatic N) is 2. The van der Waals surface area contributed by atoms with E-state index >= 15 is 0 Å². The van der Waals surface area contributed by atoms with Gasteiger partial charge in [0.1, 0.15) is 0 Å². The van der Waals surface area contributed by atoms with Gasteiger partial charge in [-0.1, -0.05) is 55.7 Å². The van der Waals surface area contributed by atoms with Crippen molar-refractivity contribution in [3.8, 4) is 0 Å². The van der Waals surface area contributed by atoms with Gasteiger partial charge in [-0.05, 0) is 31.0 Å². The van der Waals surface area contributed by atoms with E-state index in [1.165, 1.54) is 11.1 Å². The van der Waals surface area contributed by atoms with Gasteiger partial charge in [-0.3, -0.25) is 4.79 Å². The van der Waals surface area contributed by atoms with E-state index < -0.39 is 0 Å². The molecule has 1 aromatic heterocycles. The van der Waals surface area contributed by atoms with Gasteiger partial charge in [0.15, 0.2) is 0 Å². The second-order valence-electron chi connectivity index (χ2n) is 6.64. The van der Waals surface area contributed by atoms with E-state index in [0.717, 1.165) is 31.5 Å². The smallest absolute Gasteiger partial charge is 0.223 e. The normalized spacial score (nSPS) is 10.6. The van der Waals surface area contributed by atoms with Crippen LogP contribution in [0.2, 0.25) is 0 Å².